The third kappa shape index (κ3) is 4.88. The third-order valence-electron chi connectivity index (χ3n) is 4.26. The van der Waals surface area contributed by atoms with Gasteiger partial charge in [0, 0.05) is 6.54 Å². The number of hydrogen-bond acceptors (Lipinski definition) is 2. The van der Waals surface area contributed by atoms with Crippen LogP contribution in [0, 0.1) is 11.8 Å². The summed E-state index contributed by atoms with van der Waals surface area (Å²) in [7, 11) is 0. The number of carbonyl (C=O) groups is 2. The van der Waals surface area contributed by atoms with E-state index < -0.39 is 5.97 Å². The summed E-state index contributed by atoms with van der Waals surface area (Å²) in [6.07, 6.45) is 5.12. The van der Waals surface area contributed by atoms with Crippen LogP contribution in [0.15, 0.2) is 24.3 Å². The van der Waals surface area contributed by atoms with Gasteiger partial charge in [-0.15, -0.1) is 0 Å². The average Bonchev–Trinajstić information content (AvgIpc) is 2.47. The Morgan fingerprint density at radius 1 is 1.24 bits per heavy atom. The number of benzene rings is 1. The van der Waals surface area contributed by atoms with E-state index in [1.165, 1.54) is 31.7 Å². The van der Waals surface area contributed by atoms with Crippen molar-refractivity contribution in [2.45, 2.75) is 39.0 Å². The lowest BCUT2D eigenvalue weighted by atomic mass is 9.83. The molecule has 114 valence electrons. The molecule has 0 atom stereocenters. The fraction of sp³-hybridized carbons (Fsp3) is 0.529. The molecular weight excluding hydrogens is 266 g/mol. The van der Waals surface area contributed by atoms with E-state index in [0.29, 0.717) is 5.92 Å². The van der Waals surface area contributed by atoms with Crippen molar-refractivity contribution in [3.8, 4) is 0 Å². The van der Waals surface area contributed by atoms with Crippen molar-refractivity contribution in [1.29, 1.82) is 0 Å². The second-order valence-corrected chi connectivity index (χ2v) is 6.11. The Morgan fingerprint density at radius 2 is 1.95 bits per heavy atom. The van der Waals surface area contributed by atoms with Crippen LogP contribution >= 0.6 is 0 Å². The lowest BCUT2D eigenvalue weighted by Gasteiger charge is -2.26. The fourth-order valence-corrected chi connectivity index (χ4v) is 2.85. The zero-order chi connectivity index (χ0) is 15.2. The highest BCUT2D eigenvalue weighted by atomic mass is 16.4. The molecule has 0 bridgehead atoms. The molecule has 21 heavy (non-hydrogen) atoms. The molecule has 0 spiro atoms. The average molecular weight is 289 g/mol. The van der Waals surface area contributed by atoms with E-state index in [1.54, 1.807) is 18.2 Å². The van der Waals surface area contributed by atoms with Crippen molar-refractivity contribution in [3.05, 3.63) is 35.4 Å². The summed E-state index contributed by atoms with van der Waals surface area (Å²) in [6.45, 7) is 3.02. The summed E-state index contributed by atoms with van der Waals surface area (Å²) in [6, 6.07) is 6.56. The lowest BCUT2D eigenvalue weighted by Crippen LogP contribution is -2.32. The van der Waals surface area contributed by atoms with Crippen LogP contribution in [-0.2, 0) is 11.2 Å². The van der Waals surface area contributed by atoms with E-state index in [1.807, 2.05) is 0 Å². The van der Waals surface area contributed by atoms with Gasteiger partial charge in [0.05, 0.1) is 12.0 Å². The Labute approximate surface area is 125 Å². The van der Waals surface area contributed by atoms with Gasteiger partial charge in [-0.2, -0.15) is 0 Å². The number of amides is 1. The van der Waals surface area contributed by atoms with E-state index in [2.05, 4.69) is 12.2 Å². The van der Waals surface area contributed by atoms with Gasteiger partial charge in [-0.1, -0.05) is 31.9 Å². The molecule has 2 N–H and O–H groups in total. The van der Waals surface area contributed by atoms with Crippen LogP contribution in [0.5, 0.6) is 0 Å². The molecule has 4 heteroatoms. The number of carboxylic acid groups (broad SMARTS) is 1. The molecule has 1 saturated carbocycles. The monoisotopic (exact) mass is 289 g/mol. The number of rotatable bonds is 5. The Hall–Kier alpha value is -1.84. The Kier molecular flexibility index (Phi) is 5.37. The minimum atomic E-state index is -0.964. The van der Waals surface area contributed by atoms with Crippen molar-refractivity contribution in [2.75, 3.05) is 6.54 Å². The van der Waals surface area contributed by atoms with Gasteiger partial charge >= 0.3 is 5.97 Å². The summed E-state index contributed by atoms with van der Waals surface area (Å²) < 4.78 is 0. The molecule has 0 radical (unpaired) electrons. The topological polar surface area (TPSA) is 66.4 Å². The number of aromatic carboxylic acids is 1. The van der Waals surface area contributed by atoms with Crippen LogP contribution in [0.4, 0.5) is 0 Å². The van der Waals surface area contributed by atoms with Gasteiger partial charge in [0.25, 0.3) is 0 Å². The van der Waals surface area contributed by atoms with Crippen molar-refractivity contribution in [2.24, 2.45) is 11.8 Å². The quantitative estimate of drug-likeness (QED) is 0.876. The zero-order valence-corrected chi connectivity index (χ0v) is 12.5. The fourth-order valence-electron chi connectivity index (χ4n) is 2.85. The summed E-state index contributed by atoms with van der Waals surface area (Å²) in [5.41, 5.74) is 0.964. The minimum absolute atomic E-state index is 0.0313. The molecule has 0 heterocycles. The molecule has 0 saturated heterocycles. The summed E-state index contributed by atoms with van der Waals surface area (Å²) in [5, 5.41) is 11.9. The molecule has 1 fully saturated rings. The number of nitrogens with one attached hydrogen (secondary N) is 1. The molecule has 0 aromatic heterocycles. The number of carboxylic acids is 1. The minimum Gasteiger partial charge on any atom is -0.478 e. The maximum Gasteiger partial charge on any atom is 0.335 e. The first-order valence-corrected chi connectivity index (χ1v) is 7.63. The van der Waals surface area contributed by atoms with E-state index in [4.69, 9.17) is 5.11 Å². The van der Waals surface area contributed by atoms with Gasteiger partial charge in [0.15, 0.2) is 0 Å². The zero-order valence-electron chi connectivity index (χ0n) is 12.5. The highest BCUT2D eigenvalue weighted by Crippen LogP contribution is 2.27. The molecular formula is C17H23NO3. The van der Waals surface area contributed by atoms with Crippen molar-refractivity contribution in [3.63, 3.8) is 0 Å². The van der Waals surface area contributed by atoms with Crippen LogP contribution in [0.2, 0.25) is 0 Å². The number of hydrogen-bond donors (Lipinski definition) is 2. The Morgan fingerprint density at radius 3 is 2.62 bits per heavy atom. The molecule has 1 aromatic carbocycles. The maximum atomic E-state index is 11.9. The van der Waals surface area contributed by atoms with Crippen LogP contribution < -0.4 is 5.32 Å². The normalized spacial score (nSPS) is 21.8. The van der Waals surface area contributed by atoms with Gasteiger partial charge in [0.2, 0.25) is 5.91 Å². The standard InChI is InChI=1S/C17H23NO3/c1-12-5-7-13(8-6-12)11-18-16(19)10-14-3-2-4-15(9-14)17(20)21/h2-4,9,12-13H,5-8,10-11H2,1H3,(H,18,19)(H,20,21). The van der Waals surface area contributed by atoms with Crippen LogP contribution in [0.25, 0.3) is 0 Å². The van der Waals surface area contributed by atoms with E-state index >= 15 is 0 Å². The lowest BCUT2D eigenvalue weighted by molar-refractivity contribution is -0.120. The van der Waals surface area contributed by atoms with Gasteiger partial charge in [-0.05, 0) is 42.4 Å². The third-order valence-corrected chi connectivity index (χ3v) is 4.26. The molecule has 1 aliphatic carbocycles. The van der Waals surface area contributed by atoms with Crippen LogP contribution in [0.3, 0.4) is 0 Å². The maximum absolute atomic E-state index is 11.9. The Balaban J connectivity index is 1.79. The first-order valence-electron chi connectivity index (χ1n) is 7.63. The van der Waals surface area contributed by atoms with Crippen molar-refractivity contribution < 1.29 is 14.7 Å². The first-order chi connectivity index (χ1) is 10.0. The molecule has 1 aromatic rings. The Bertz CT molecular complexity index is 505. The van der Waals surface area contributed by atoms with Gasteiger partial charge in [-0.3, -0.25) is 4.79 Å². The second-order valence-electron chi connectivity index (χ2n) is 6.11. The van der Waals surface area contributed by atoms with Crippen molar-refractivity contribution in [1.82, 2.24) is 5.32 Å². The highest BCUT2D eigenvalue weighted by Gasteiger charge is 2.18. The SMILES string of the molecule is CC1CCC(CNC(=O)Cc2cccc(C(=O)O)c2)CC1. The van der Waals surface area contributed by atoms with Gasteiger partial charge in [0.1, 0.15) is 0 Å². The van der Waals surface area contributed by atoms with Crippen LogP contribution in [0.1, 0.15) is 48.5 Å². The van der Waals surface area contributed by atoms with E-state index in [-0.39, 0.29) is 17.9 Å². The first kappa shape index (κ1) is 15.5. The molecule has 0 unspecified atom stereocenters. The molecule has 1 aliphatic rings. The second kappa shape index (κ2) is 7.25. The summed E-state index contributed by atoms with van der Waals surface area (Å²) in [4.78, 5) is 22.8. The number of carbonyl (C=O) groups excluding carboxylic acids is 1. The smallest absolute Gasteiger partial charge is 0.335 e. The highest BCUT2D eigenvalue weighted by molar-refractivity contribution is 5.88. The molecule has 4 nitrogen and oxygen atoms in total. The largest absolute Gasteiger partial charge is 0.478 e. The van der Waals surface area contributed by atoms with E-state index in [9.17, 15) is 9.59 Å². The summed E-state index contributed by atoms with van der Waals surface area (Å²) in [5.74, 6) is 0.413. The molecule has 2 rings (SSSR count). The van der Waals surface area contributed by atoms with Crippen molar-refractivity contribution >= 4 is 11.9 Å². The van der Waals surface area contributed by atoms with E-state index in [0.717, 1.165) is 18.0 Å². The summed E-state index contributed by atoms with van der Waals surface area (Å²) >= 11 is 0. The van der Waals surface area contributed by atoms with Gasteiger partial charge in [-0.25, -0.2) is 4.79 Å². The molecule has 1 amide bonds. The van der Waals surface area contributed by atoms with Gasteiger partial charge < -0.3 is 10.4 Å². The predicted octanol–water partition coefficient (Wildman–Crippen LogP) is 2.87. The predicted molar refractivity (Wildman–Crippen MR) is 81.2 cm³/mol. The van der Waals surface area contributed by atoms with Crippen LogP contribution in [-0.4, -0.2) is 23.5 Å². The molecule has 0 aliphatic heterocycles.